The first-order valence-corrected chi connectivity index (χ1v) is 7.62. The number of hydrogen-bond acceptors (Lipinski definition) is 2. The van der Waals surface area contributed by atoms with Crippen molar-refractivity contribution in [3.8, 4) is 0 Å². The van der Waals surface area contributed by atoms with Crippen molar-refractivity contribution < 1.29 is 0 Å². The molecule has 0 aliphatic carbocycles. The lowest BCUT2D eigenvalue weighted by molar-refractivity contribution is 0.318. The number of aryl methyl sites for hydroxylation is 1. The van der Waals surface area contributed by atoms with Gasteiger partial charge in [0.05, 0.1) is 0 Å². The first kappa shape index (κ1) is 15.7. The van der Waals surface area contributed by atoms with Crippen LogP contribution in [0.4, 0.5) is 0 Å². The van der Waals surface area contributed by atoms with Gasteiger partial charge in [0.25, 0.3) is 0 Å². The number of hydrogen-bond donors (Lipinski definition) is 1. The predicted octanol–water partition coefficient (Wildman–Crippen LogP) is 3.69. The van der Waals surface area contributed by atoms with Crippen LogP contribution in [0.2, 0.25) is 0 Å². The minimum atomic E-state index is 0.434. The van der Waals surface area contributed by atoms with E-state index < -0.39 is 0 Å². The Morgan fingerprint density at radius 1 is 1.00 bits per heavy atom. The van der Waals surface area contributed by atoms with Crippen molar-refractivity contribution in [2.45, 2.75) is 32.9 Å². The van der Waals surface area contributed by atoms with Gasteiger partial charge in [0, 0.05) is 13.1 Å². The number of benzene rings is 2. The molecule has 0 heterocycles. The zero-order valence-electron chi connectivity index (χ0n) is 13.3. The molecule has 1 unspecified atom stereocenters. The van der Waals surface area contributed by atoms with E-state index in [-0.39, 0.29) is 0 Å². The molecule has 0 saturated carbocycles. The van der Waals surface area contributed by atoms with Gasteiger partial charge in [-0.3, -0.25) is 4.90 Å². The van der Waals surface area contributed by atoms with Gasteiger partial charge in [0.1, 0.15) is 0 Å². The summed E-state index contributed by atoms with van der Waals surface area (Å²) in [6.45, 7) is 6.98. The van der Waals surface area contributed by atoms with E-state index in [1.165, 1.54) is 22.3 Å². The number of rotatable bonds is 6. The summed E-state index contributed by atoms with van der Waals surface area (Å²) in [6, 6.07) is 17.4. The van der Waals surface area contributed by atoms with Crippen LogP contribution in [-0.2, 0) is 13.1 Å². The van der Waals surface area contributed by atoms with Crippen molar-refractivity contribution in [3.05, 3.63) is 70.8 Å². The smallest absolute Gasteiger partial charge is 0.0236 e. The summed E-state index contributed by atoms with van der Waals surface area (Å²) in [6.07, 6.45) is 0. The van der Waals surface area contributed by atoms with E-state index in [1.54, 1.807) is 0 Å². The quantitative estimate of drug-likeness (QED) is 0.875. The van der Waals surface area contributed by atoms with Crippen LogP contribution >= 0.6 is 0 Å². The maximum Gasteiger partial charge on any atom is 0.0236 e. The van der Waals surface area contributed by atoms with Crippen LogP contribution in [0.5, 0.6) is 0 Å². The second-order valence-corrected chi connectivity index (χ2v) is 5.98. The molecule has 0 fully saturated rings. The Kier molecular flexibility index (Phi) is 5.54. The lowest BCUT2D eigenvalue weighted by Gasteiger charge is -2.18. The van der Waals surface area contributed by atoms with Crippen molar-refractivity contribution in [2.24, 2.45) is 5.73 Å². The highest BCUT2D eigenvalue weighted by Crippen LogP contribution is 2.16. The molecule has 2 aromatic rings. The Bertz CT molecular complexity index is 560. The van der Waals surface area contributed by atoms with Gasteiger partial charge in [0.2, 0.25) is 0 Å². The van der Waals surface area contributed by atoms with Crippen LogP contribution < -0.4 is 5.73 Å². The van der Waals surface area contributed by atoms with Crippen LogP contribution in [0.15, 0.2) is 48.5 Å². The largest absolute Gasteiger partial charge is 0.330 e. The summed E-state index contributed by atoms with van der Waals surface area (Å²) in [7, 11) is 2.17. The fraction of sp³-hybridized carbons (Fsp3) is 0.368. The molecule has 2 aromatic carbocycles. The standard InChI is InChI=1S/C19H26N2/c1-15-6-4-5-7-19(15)14-21(3)13-17-8-10-18(11-9-17)16(2)12-20/h4-11,16H,12-14,20H2,1-3H3. The molecule has 2 nitrogen and oxygen atoms in total. The van der Waals surface area contributed by atoms with Gasteiger partial charge in [-0.25, -0.2) is 0 Å². The fourth-order valence-electron chi connectivity index (χ4n) is 2.53. The van der Waals surface area contributed by atoms with Gasteiger partial charge < -0.3 is 5.73 Å². The molecular formula is C19H26N2. The average Bonchev–Trinajstić information content (AvgIpc) is 2.49. The summed E-state index contributed by atoms with van der Waals surface area (Å²) in [5, 5.41) is 0. The second-order valence-electron chi connectivity index (χ2n) is 5.98. The first-order valence-electron chi connectivity index (χ1n) is 7.62. The van der Waals surface area contributed by atoms with Gasteiger partial charge in [-0.2, -0.15) is 0 Å². The summed E-state index contributed by atoms with van der Waals surface area (Å²) < 4.78 is 0. The van der Waals surface area contributed by atoms with Crippen molar-refractivity contribution >= 4 is 0 Å². The first-order chi connectivity index (χ1) is 10.1. The second kappa shape index (κ2) is 7.39. The van der Waals surface area contributed by atoms with Crippen molar-refractivity contribution in [1.29, 1.82) is 0 Å². The Hall–Kier alpha value is -1.64. The summed E-state index contributed by atoms with van der Waals surface area (Å²) in [5.74, 6) is 0.434. The molecular weight excluding hydrogens is 256 g/mol. The molecule has 0 aromatic heterocycles. The van der Waals surface area contributed by atoms with Crippen molar-refractivity contribution in [2.75, 3.05) is 13.6 Å². The third-order valence-electron chi connectivity index (χ3n) is 4.06. The predicted molar refractivity (Wildman–Crippen MR) is 90.3 cm³/mol. The highest BCUT2D eigenvalue weighted by Gasteiger charge is 2.06. The zero-order chi connectivity index (χ0) is 15.2. The summed E-state index contributed by atoms with van der Waals surface area (Å²) >= 11 is 0. The molecule has 2 N–H and O–H groups in total. The van der Waals surface area contributed by atoms with Gasteiger partial charge in [-0.15, -0.1) is 0 Å². The third kappa shape index (κ3) is 4.42. The van der Waals surface area contributed by atoms with Crippen LogP contribution in [0.3, 0.4) is 0 Å². The monoisotopic (exact) mass is 282 g/mol. The molecule has 1 atom stereocenters. The molecule has 112 valence electrons. The van der Waals surface area contributed by atoms with E-state index in [4.69, 9.17) is 5.73 Å². The maximum atomic E-state index is 5.71. The molecule has 2 heteroatoms. The molecule has 0 radical (unpaired) electrons. The molecule has 0 spiro atoms. The van der Waals surface area contributed by atoms with Gasteiger partial charge in [-0.1, -0.05) is 55.5 Å². The molecule has 0 bridgehead atoms. The van der Waals surface area contributed by atoms with Crippen molar-refractivity contribution in [3.63, 3.8) is 0 Å². The lowest BCUT2D eigenvalue weighted by atomic mass is 10.00. The topological polar surface area (TPSA) is 29.3 Å². The highest BCUT2D eigenvalue weighted by molar-refractivity contribution is 5.27. The van der Waals surface area contributed by atoms with E-state index in [0.717, 1.165) is 13.1 Å². The van der Waals surface area contributed by atoms with E-state index in [9.17, 15) is 0 Å². The number of nitrogens with two attached hydrogens (primary N) is 1. The minimum absolute atomic E-state index is 0.434. The van der Waals surface area contributed by atoms with Gasteiger partial charge in [-0.05, 0) is 48.7 Å². The summed E-state index contributed by atoms with van der Waals surface area (Å²) in [5.41, 5.74) is 11.1. The van der Waals surface area contributed by atoms with Crippen LogP contribution in [-0.4, -0.2) is 18.5 Å². The molecule has 21 heavy (non-hydrogen) atoms. The normalized spacial score (nSPS) is 12.6. The molecule has 2 rings (SSSR count). The van der Waals surface area contributed by atoms with Crippen LogP contribution in [0, 0.1) is 6.92 Å². The Morgan fingerprint density at radius 3 is 2.29 bits per heavy atom. The Labute approximate surface area is 128 Å². The van der Waals surface area contributed by atoms with E-state index in [0.29, 0.717) is 12.5 Å². The van der Waals surface area contributed by atoms with Crippen LogP contribution in [0.25, 0.3) is 0 Å². The molecule has 0 aliphatic heterocycles. The molecule has 0 saturated heterocycles. The van der Waals surface area contributed by atoms with Gasteiger partial charge >= 0.3 is 0 Å². The van der Waals surface area contributed by atoms with E-state index in [2.05, 4.69) is 74.3 Å². The SMILES string of the molecule is Cc1ccccc1CN(C)Cc1ccc(C(C)CN)cc1. The maximum absolute atomic E-state index is 5.71. The van der Waals surface area contributed by atoms with Crippen molar-refractivity contribution in [1.82, 2.24) is 4.90 Å². The van der Waals surface area contributed by atoms with Gasteiger partial charge in [0.15, 0.2) is 0 Å². The number of nitrogens with zero attached hydrogens (tertiary/aromatic N) is 1. The van der Waals surface area contributed by atoms with E-state index in [1.807, 2.05) is 0 Å². The molecule has 0 aliphatic rings. The third-order valence-corrected chi connectivity index (χ3v) is 4.06. The summed E-state index contributed by atoms with van der Waals surface area (Å²) in [4.78, 5) is 2.35. The zero-order valence-corrected chi connectivity index (χ0v) is 13.3. The fourth-order valence-corrected chi connectivity index (χ4v) is 2.53. The van der Waals surface area contributed by atoms with E-state index >= 15 is 0 Å². The van der Waals surface area contributed by atoms with Crippen LogP contribution in [0.1, 0.15) is 35.1 Å². The average molecular weight is 282 g/mol. The molecule has 0 amide bonds. The highest BCUT2D eigenvalue weighted by atomic mass is 15.1. The Balaban J connectivity index is 1.96. The minimum Gasteiger partial charge on any atom is -0.330 e. The Morgan fingerprint density at radius 2 is 1.67 bits per heavy atom. The lowest BCUT2D eigenvalue weighted by Crippen LogP contribution is -2.18.